The van der Waals surface area contributed by atoms with Gasteiger partial charge in [0.15, 0.2) is 0 Å². The lowest BCUT2D eigenvalue weighted by Gasteiger charge is -2.24. The molecule has 0 radical (unpaired) electrons. The van der Waals surface area contributed by atoms with Crippen LogP contribution < -0.4 is 0 Å². The van der Waals surface area contributed by atoms with Crippen molar-refractivity contribution >= 4 is 23.5 Å². The Balaban J connectivity index is 2.18. The number of hydrogen-bond donors (Lipinski definition) is 1. The van der Waals surface area contributed by atoms with Crippen LogP contribution in [0.5, 0.6) is 0 Å². The number of rotatable bonds is 5. The molecule has 0 saturated heterocycles. The molecule has 1 fully saturated rings. The maximum atomic E-state index is 12.5. The molecule has 1 aromatic carbocycles. The third-order valence-electron chi connectivity index (χ3n) is 3.24. The highest BCUT2D eigenvalue weighted by Gasteiger charge is 2.35. The van der Waals surface area contributed by atoms with Gasteiger partial charge in [0.25, 0.3) is 5.91 Å². The summed E-state index contributed by atoms with van der Waals surface area (Å²) in [6, 6.07) is 7.02. The molecular formula is C14H16ClNO3. The Bertz CT molecular complexity index is 499. The van der Waals surface area contributed by atoms with Crippen molar-refractivity contribution in [2.75, 3.05) is 6.54 Å². The van der Waals surface area contributed by atoms with Crippen molar-refractivity contribution in [2.45, 2.75) is 25.8 Å². The van der Waals surface area contributed by atoms with Gasteiger partial charge in [-0.25, -0.2) is 0 Å². The fourth-order valence-electron chi connectivity index (χ4n) is 1.95. The number of amides is 1. The van der Waals surface area contributed by atoms with Crippen molar-refractivity contribution in [2.24, 2.45) is 5.92 Å². The molecule has 1 N–H and O–H groups in total. The summed E-state index contributed by atoms with van der Waals surface area (Å²) in [7, 11) is 0. The lowest BCUT2D eigenvalue weighted by Crippen LogP contribution is -2.38. The molecule has 0 heterocycles. The fraction of sp³-hybridized carbons (Fsp3) is 0.429. The number of carboxylic acids is 1. The standard InChI is InChI=1S/C14H16ClNO3/c1-9(14(18)19)8-16(10-6-7-10)13(17)11-4-2-3-5-12(11)15/h2-5,9-10H,6-8H2,1H3,(H,18,19). The smallest absolute Gasteiger partial charge is 0.308 e. The van der Waals surface area contributed by atoms with Gasteiger partial charge in [-0.1, -0.05) is 30.7 Å². The second kappa shape index (κ2) is 5.61. The van der Waals surface area contributed by atoms with Crippen LogP contribution in [-0.2, 0) is 4.79 Å². The van der Waals surface area contributed by atoms with E-state index in [1.54, 1.807) is 36.1 Å². The highest BCUT2D eigenvalue weighted by Crippen LogP contribution is 2.30. The van der Waals surface area contributed by atoms with Gasteiger partial charge in [0, 0.05) is 12.6 Å². The van der Waals surface area contributed by atoms with E-state index in [1.807, 2.05) is 0 Å². The molecular weight excluding hydrogens is 266 g/mol. The zero-order valence-electron chi connectivity index (χ0n) is 10.7. The van der Waals surface area contributed by atoms with E-state index >= 15 is 0 Å². The van der Waals surface area contributed by atoms with E-state index < -0.39 is 11.9 Å². The molecule has 1 aliphatic carbocycles. The number of aliphatic carboxylic acids is 1. The van der Waals surface area contributed by atoms with Gasteiger partial charge in [0.2, 0.25) is 0 Å². The van der Waals surface area contributed by atoms with Gasteiger partial charge in [-0.3, -0.25) is 9.59 Å². The van der Waals surface area contributed by atoms with Crippen LogP contribution >= 0.6 is 11.6 Å². The molecule has 1 unspecified atom stereocenters. The summed E-state index contributed by atoms with van der Waals surface area (Å²) < 4.78 is 0. The minimum atomic E-state index is -0.891. The molecule has 1 saturated carbocycles. The van der Waals surface area contributed by atoms with Crippen LogP contribution in [-0.4, -0.2) is 34.5 Å². The molecule has 1 aromatic rings. The van der Waals surface area contributed by atoms with Gasteiger partial charge < -0.3 is 10.0 Å². The molecule has 1 amide bonds. The molecule has 0 bridgehead atoms. The fourth-order valence-corrected chi connectivity index (χ4v) is 2.16. The molecule has 102 valence electrons. The molecule has 0 aromatic heterocycles. The van der Waals surface area contributed by atoms with Crippen molar-refractivity contribution in [3.8, 4) is 0 Å². The van der Waals surface area contributed by atoms with Crippen LogP contribution in [0.15, 0.2) is 24.3 Å². The summed E-state index contributed by atoms with van der Waals surface area (Å²) in [5.41, 5.74) is 0.439. The van der Waals surface area contributed by atoms with Gasteiger partial charge in [0.1, 0.15) is 0 Å². The van der Waals surface area contributed by atoms with Gasteiger partial charge >= 0.3 is 5.97 Å². The van der Waals surface area contributed by atoms with Crippen molar-refractivity contribution in [3.05, 3.63) is 34.9 Å². The maximum Gasteiger partial charge on any atom is 0.308 e. The van der Waals surface area contributed by atoms with Crippen LogP contribution in [0, 0.1) is 5.92 Å². The summed E-state index contributed by atoms with van der Waals surface area (Å²) in [5, 5.41) is 9.38. The zero-order valence-corrected chi connectivity index (χ0v) is 11.4. The van der Waals surface area contributed by atoms with E-state index in [0.29, 0.717) is 10.6 Å². The molecule has 1 aliphatic rings. The van der Waals surface area contributed by atoms with Crippen molar-refractivity contribution in [1.82, 2.24) is 4.90 Å². The molecule has 4 nitrogen and oxygen atoms in total. The van der Waals surface area contributed by atoms with Crippen molar-refractivity contribution in [3.63, 3.8) is 0 Å². The zero-order chi connectivity index (χ0) is 14.0. The minimum absolute atomic E-state index is 0.158. The number of carbonyl (C=O) groups excluding carboxylic acids is 1. The average Bonchev–Trinajstić information content (AvgIpc) is 3.19. The van der Waals surface area contributed by atoms with Crippen molar-refractivity contribution < 1.29 is 14.7 Å². The van der Waals surface area contributed by atoms with E-state index in [-0.39, 0.29) is 18.5 Å². The maximum absolute atomic E-state index is 12.5. The molecule has 5 heteroatoms. The van der Waals surface area contributed by atoms with Gasteiger partial charge in [-0.05, 0) is 25.0 Å². The summed E-state index contributed by atoms with van der Waals surface area (Å²) in [5.74, 6) is -1.65. The summed E-state index contributed by atoms with van der Waals surface area (Å²) in [6.45, 7) is 1.83. The Morgan fingerprint density at radius 1 is 1.42 bits per heavy atom. The summed E-state index contributed by atoms with van der Waals surface area (Å²) in [6.07, 6.45) is 1.87. The first-order valence-electron chi connectivity index (χ1n) is 6.29. The van der Waals surface area contributed by atoms with Gasteiger partial charge in [-0.2, -0.15) is 0 Å². The Morgan fingerprint density at radius 2 is 2.05 bits per heavy atom. The lowest BCUT2D eigenvalue weighted by molar-refractivity contribution is -0.141. The van der Waals surface area contributed by atoms with Gasteiger partial charge in [-0.15, -0.1) is 0 Å². The van der Waals surface area contributed by atoms with Gasteiger partial charge in [0.05, 0.1) is 16.5 Å². The molecule has 0 spiro atoms. The van der Waals surface area contributed by atoms with E-state index in [4.69, 9.17) is 16.7 Å². The van der Waals surface area contributed by atoms with Crippen LogP contribution in [0.3, 0.4) is 0 Å². The molecule has 1 atom stereocenters. The first-order chi connectivity index (χ1) is 9.00. The predicted octanol–water partition coefficient (Wildman–Crippen LogP) is 2.67. The largest absolute Gasteiger partial charge is 0.481 e. The quantitative estimate of drug-likeness (QED) is 0.903. The van der Waals surface area contributed by atoms with Crippen LogP contribution in [0.2, 0.25) is 5.02 Å². The summed E-state index contributed by atoms with van der Waals surface area (Å²) >= 11 is 6.02. The Hall–Kier alpha value is -1.55. The third-order valence-corrected chi connectivity index (χ3v) is 3.57. The second-order valence-corrected chi connectivity index (χ2v) is 5.32. The summed E-state index contributed by atoms with van der Waals surface area (Å²) in [4.78, 5) is 25.0. The molecule has 19 heavy (non-hydrogen) atoms. The number of hydrogen-bond acceptors (Lipinski definition) is 2. The number of carboxylic acid groups (broad SMARTS) is 1. The Labute approximate surface area is 117 Å². The second-order valence-electron chi connectivity index (χ2n) is 4.91. The van der Waals surface area contributed by atoms with E-state index in [2.05, 4.69) is 0 Å². The van der Waals surface area contributed by atoms with Crippen LogP contribution in [0.1, 0.15) is 30.1 Å². The normalized spacial score (nSPS) is 15.9. The monoisotopic (exact) mass is 281 g/mol. The lowest BCUT2D eigenvalue weighted by atomic mass is 10.1. The minimum Gasteiger partial charge on any atom is -0.481 e. The number of nitrogens with zero attached hydrogens (tertiary/aromatic N) is 1. The van der Waals surface area contributed by atoms with Crippen LogP contribution in [0.4, 0.5) is 0 Å². The van der Waals surface area contributed by atoms with E-state index in [1.165, 1.54) is 0 Å². The third kappa shape index (κ3) is 3.26. The average molecular weight is 282 g/mol. The SMILES string of the molecule is CC(CN(C(=O)c1ccccc1Cl)C1CC1)C(=O)O. The number of carbonyl (C=O) groups is 2. The van der Waals surface area contributed by atoms with E-state index in [0.717, 1.165) is 12.8 Å². The number of benzene rings is 1. The van der Waals surface area contributed by atoms with Crippen molar-refractivity contribution in [1.29, 1.82) is 0 Å². The Kier molecular flexibility index (Phi) is 4.10. The highest BCUT2D eigenvalue weighted by atomic mass is 35.5. The molecule has 0 aliphatic heterocycles. The van der Waals surface area contributed by atoms with Crippen LogP contribution in [0.25, 0.3) is 0 Å². The van der Waals surface area contributed by atoms with E-state index in [9.17, 15) is 9.59 Å². The molecule has 2 rings (SSSR count). The first-order valence-corrected chi connectivity index (χ1v) is 6.66. The highest BCUT2D eigenvalue weighted by molar-refractivity contribution is 6.33. The Morgan fingerprint density at radius 3 is 2.58 bits per heavy atom. The first kappa shape index (κ1) is 13.9. The number of halogens is 1. The predicted molar refractivity (Wildman–Crippen MR) is 72.3 cm³/mol. The topological polar surface area (TPSA) is 57.6 Å².